The van der Waals surface area contributed by atoms with Crippen molar-refractivity contribution in [1.82, 2.24) is 4.98 Å². The summed E-state index contributed by atoms with van der Waals surface area (Å²) in [6, 6.07) is 6.98. The number of benzene rings is 1. The molecule has 0 fully saturated rings. The number of nitrogens with two attached hydrogens (primary N) is 1. The van der Waals surface area contributed by atoms with Crippen molar-refractivity contribution in [1.29, 1.82) is 0 Å². The molecule has 0 aliphatic carbocycles. The van der Waals surface area contributed by atoms with Gasteiger partial charge < -0.3 is 16.2 Å². The minimum atomic E-state index is -1.15. The second-order valence-electron chi connectivity index (χ2n) is 4.02. The monoisotopic (exact) mass is 261 g/mol. The predicted molar refractivity (Wildman–Crippen MR) is 70.0 cm³/mol. The Hall–Kier alpha value is -2.63. The molecule has 4 N–H and O–H groups in total. The summed E-state index contributed by atoms with van der Waals surface area (Å²) in [5, 5.41) is 11.7. The van der Waals surface area contributed by atoms with Gasteiger partial charge in [0.25, 0.3) is 0 Å². The van der Waals surface area contributed by atoms with Gasteiger partial charge >= 0.3 is 5.97 Å². The Balaban J connectivity index is 2.40. The molecule has 0 spiro atoms. The highest BCUT2D eigenvalue weighted by atomic mass is 19.1. The van der Waals surface area contributed by atoms with Crippen LogP contribution in [0.4, 0.5) is 21.6 Å². The van der Waals surface area contributed by atoms with E-state index in [1.807, 2.05) is 0 Å². The van der Waals surface area contributed by atoms with Gasteiger partial charge in [0.2, 0.25) is 0 Å². The number of rotatable bonds is 3. The van der Waals surface area contributed by atoms with Gasteiger partial charge in [-0.1, -0.05) is 6.07 Å². The Labute approximate surface area is 108 Å². The molecule has 19 heavy (non-hydrogen) atoms. The normalized spacial score (nSPS) is 10.2. The van der Waals surface area contributed by atoms with Crippen LogP contribution in [0.2, 0.25) is 0 Å². The van der Waals surface area contributed by atoms with Gasteiger partial charge in [0.05, 0.1) is 5.69 Å². The molecule has 0 radical (unpaired) electrons. The Kier molecular flexibility index (Phi) is 3.33. The van der Waals surface area contributed by atoms with Crippen LogP contribution < -0.4 is 11.1 Å². The molecule has 1 aromatic carbocycles. The highest BCUT2D eigenvalue weighted by molar-refractivity contribution is 5.87. The summed E-state index contributed by atoms with van der Waals surface area (Å²) in [5.74, 6) is -1.37. The molecular weight excluding hydrogens is 249 g/mol. The molecule has 0 bridgehead atoms. The number of hydrogen-bond acceptors (Lipinski definition) is 4. The summed E-state index contributed by atoms with van der Waals surface area (Å²) >= 11 is 0. The van der Waals surface area contributed by atoms with Gasteiger partial charge in [-0.2, -0.15) is 0 Å². The number of halogens is 1. The lowest BCUT2D eigenvalue weighted by Crippen LogP contribution is -2.06. The zero-order chi connectivity index (χ0) is 14.0. The van der Waals surface area contributed by atoms with E-state index in [9.17, 15) is 9.18 Å². The van der Waals surface area contributed by atoms with E-state index < -0.39 is 11.8 Å². The highest BCUT2D eigenvalue weighted by Gasteiger charge is 2.10. The first-order chi connectivity index (χ1) is 8.97. The second-order valence-corrected chi connectivity index (χ2v) is 4.02. The number of pyridine rings is 1. The van der Waals surface area contributed by atoms with Gasteiger partial charge in [-0.05, 0) is 36.8 Å². The van der Waals surface area contributed by atoms with E-state index in [2.05, 4.69) is 10.3 Å². The topological polar surface area (TPSA) is 88.2 Å². The van der Waals surface area contributed by atoms with E-state index >= 15 is 0 Å². The molecule has 5 nitrogen and oxygen atoms in total. The van der Waals surface area contributed by atoms with Crippen molar-refractivity contribution in [3.05, 3.63) is 47.4 Å². The molecule has 2 rings (SSSR count). The fourth-order valence-corrected chi connectivity index (χ4v) is 1.55. The van der Waals surface area contributed by atoms with Crippen LogP contribution in [0.3, 0.4) is 0 Å². The number of aromatic nitrogens is 1. The first kappa shape index (κ1) is 12.8. The zero-order valence-electron chi connectivity index (χ0n) is 10.1. The lowest BCUT2D eigenvalue weighted by molar-refractivity contribution is 0.0690. The van der Waals surface area contributed by atoms with Crippen molar-refractivity contribution < 1.29 is 14.3 Å². The van der Waals surface area contributed by atoms with Crippen molar-refractivity contribution >= 4 is 23.2 Å². The lowest BCUT2D eigenvalue weighted by atomic mass is 10.2. The molecule has 0 saturated carbocycles. The van der Waals surface area contributed by atoms with Gasteiger partial charge in [-0.3, -0.25) is 0 Å². The van der Waals surface area contributed by atoms with Crippen molar-refractivity contribution in [3.63, 3.8) is 0 Å². The number of nitrogen functional groups attached to an aromatic ring is 1. The van der Waals surface area contributed by atoms with Gasteiger partial charge in [0, 0.05) is 5.69 Å². The lowest BCUT2D eigenvalue weighted by Gasteiger charge is -2.11. The number of nitrogens with one attached hydrogen (secondary N) is 1. The number of anilines is 3. The van der Waals surface area contributed by atoms with E-state index in [1.54, 1.807) is 13.0 Å². The van der Waals surface area contributed by atoms with Crippen LogP contribution in [0.1, 0.15) is 16.1 Å². The number of aryl methyl sites for hydroxylation is 1. The molecule has 0 amide bonds. The first-order valence-electron chi connectivity index (χ1n) is 5.50. The van der Waals surface area contributed by atoms with Crippen LogP contribution in [0.25, 0.3) is 0 Å². The summed E-state index contributed by atoms with van der Waals surface area (Å²) < 4.78 is 13.2. The van der Waals surface area contributed by atoms with Crippen molar-refractivity contribution in [3.8, 4) is 0 Å². The van der Waals surface area contributed by atoms with E-state index in [0.29, 0.717) is 5.69 Å². The minimum Gasteiger partial charge on any atom is -0.477 e. The van der Waals surface area contributed by atoms with Crippen LogP contribution >= 0.6 is 0 Å². The standard InChI is InChI=1S/C13H12FN3O2/c1-7-2-3-8(14)6-11(7)17-12-9(15)4-5-10(16-12)13(18)19/h2-6H,15H2,1H3,(H,16,17)(H,18,19). The van der Waals surface area contributed by atoms with E-state index in [-0.39, 0.29) is 17.2 Å². The number of carboxylic acid groups (broad SMARTS) is 1. The summed E-state index contributed by atoms with van der Waals surface area (Å²) in [4.78, 5) is 14.7. The third kappa shape index (κ3) is 2.79. The van der Waals surface area contributed by atoms with E-state index in [0.717, 1.165) is 5.56 Å². The second kappa shape index (κ2) is 4.93. The Morgan fingerprint density at radius 2 is 2.11 bits per heavy atom. The van der Waals surface area contributed by atoms with Gasteiger partial charge in [-0.15, -0.1) is 0 Å². The number of carboxylic acids is 1. The van der Waals surface area contributed by atoms with E-state index in [4.69, 9.17) is 10.8 Å². The number of carbonyl (C=O) groups is 1. The average Bonchev–Trinajstić information content (AvgIpc) is 2.36. The van der Waals surface area contributed by atoms with Gasteiger partial charge in [0.1, 0.15) is 5.82 Å². The highest BCUT2D eigenvalue weighted by Crippen LogP contribution is 2.24. The number of aromatic carboxylic acids is 1. The van der Waals surface area contributed by atoms with Gasteiger partial charge in [-0.25, -0.2) is 14.2 Å². The van der Waals surface area contributed by atoms with Crippen LogP contribution in [0, 0.1) is 12.7 Å². The maximum absolute atomic E-state index is 13.2. The third-order valence-corrected chi connectivity index (χ3v) is 2.60. The summed E-state index contributed by atoms with van der Waals surface area (Å²) in [5.41, 5.74) is 7.15. The minimum absolute atomic E-state index is 0.134. The summed E-state index contributed by atoms with van der Waals surface area (Å²) in [7, 11) is 0. The third-order valence-electron chi connectivity index (χ3n) is 2.60. The Morgan fingerprint density at radius 1 is 1.37 bits per heavy atom. The van der Waals surface area contributed by atoms with Crippen molar-refractivity contribution in [2.24, 2.45) is 0 Å². The van der Waals surface area contributed by atoms with Crippen molar-refractivity contribution in [2.45, 2.75) is 6.92 Å². The van der Waals surface area contributed by atoms with Gasteiger partial charge in [0.15, 0.2) is 11.5 Å². The molecule has 0 atom stereocenters. The quantitative estimate of drug-likeness (QED) is 0.790. The molecule has 0 aliphatic heterocycles. The molecule has 0 aliphatic rings. The Bertz CT molecular complexity index is 644. The fraction of sp³-hybridized carbons (Fsp3) is 0.0769. The van der Waals surface area contributed by atoms with Crippen LogP contribution in [-0.4, -0.2) is 16.1 Å². The smallest absolute Gasteiger partial charge is 0.354 e. The number of nitrogens with zero attached hydrogens (tertiary/aromatic N) is 1. The molecule has 6 heteroatoms. The predicted octanol–water partition coefficient (Wildman–Crippen LogP) is 2.55. The maximum atomic E-state index is 13.2. The van der Waals surface area contributed by atoms with E-state index in [1.165, 1.54) is 24.3 Å². The van der Waals surface area contributed by atoms with Crippen LogP contribution in [0.15, 0.2) is 30.3 Å². The van der Waals surface area contributed by atoms with Crippen LogP contribution in [-0.2, 0) is 0 Å². The largest absolute Gasteiger partial charge is 0.477 e. The van der Waals surface area contributed by atoms with Crippen LogP contribution in [0.5, 0.6) is 0 Å². The molecule has 98 valence electrons. The summed E-state index contributed by atoms with van der Waals surface area (Å²) in [6.45, 7) is 1.79. The molecule has 0 saturated heterocycles. The van der Waals surface area contributed by atoms with Crippen molar-refractivity contribution in [2.75, 3.05) is 11.1 Å². The zero-order valence-corrected chi connectivity index (χ0v) is 10.1. The SMILES string of the molecule is Cc1ccc(F)cc1Nc1nc(C(=O)O)ccc1N. The summed E-state index contributed by atoms with van der Waals surface area (Å²) in [6.07, 6.45) is 0. The fourth-order valence-electron chi connectivity index (χ4n) is 1.55. The molecule has 1 aromatic heterocycles. The first-order valence-corrected chi connectivity index (χ1v) is 5.50. The molecule has 0 unspecified atom stereocenters. The molecule has 1 heterocycles. The molecular formula is C13H12FN3O2. The Morgan fingerprint density at radius 3 is 2.79 bits per heavy atom. The average molecular weight is 261 g/mol. The number of hydrogen-bond donors (Lipinski definition) is 3. The maximum Gasteiger partial charge on any atom is 0.354 e. The molecule has 2 aromatic rings.